The molecule has 0 aliphatic carbocycles. The summed E-state index contributed by atoms with van der Waals surface area (Å²) < 4.78 is 44.1. The third-order valence-electron chi connectivity index (χ3n) is 3.84. The van der Waals surface area contributed by atoms with Gasteiger partial charge < -0.3 is 4.74 Å². The summed E-state index contributed by atoms with van der Waals surface area (Å²) in [4.78, 5) is 22.6. The molecule has 0 bridgehead atoms. The molecule has 2 heterocycles. The fourth-order valence-electron chi connectivity index (χ4n) is 2.70. The molecule has 2 atom stereocenters. The zero-order valence-corrected chi connectivity index (χ0v) is 11.7. The maximum absolute atomic E-state index is 13.7. The van der Waals surface area contributed by atoms with Gasteiger partial charge in [-0.1, -0.05) is 12.1 Å². The Balaban J connectivity index is 1.90. The van der Waals surface area contributed by atoms with Gasteiger partial charge in [0.1, 0.15) is 10.7 Å². The third-order valence-corrected chi connectivity index (χ3v) is 5.74. The molecule has 3 rings (SSSR count). The van der Waals surface area contributed by atoms with Gasteiger partial charge >= 0.3 is 11.9 Å². The van der Waals surface area contributed by atoms with Gasteiger partial charge in [-0.05, 0) is 18.6 Å². The molecule has 112 valence electrons. The van der Waals surface area contributed by atoms with Crippen LogP contribution in [0.4, 0.5) is 4.39 Å². The second-order valence-corrected chi connectivity index (χ2v) is 6.94. The molecule has 0 saturated carbocycles. The topological polar surface area (TPSA) is 80.8 Å². The molecule has 2 aliphatic rings. The fraction of sp³-hybridized carbons (Fsp3) is 0.385. The number of halogens is 1. The SMILES string of the molecule is O=C1OC(=O)C2CN(S(=O)(=O)c3ccccc3F)CCC12. The Hall–Kier alpha value is -1.80. The average molecular weight is 313 g/mol. The number of carbonyl (C=O) groups excluding carboxylic acids is 2. The van der Waals surface area contributed by atoms with Crippen molar-refractivity contribution in [1.29, 1.82) is 0 Å². The first-order chi connectivity index (χ1) is 9.91. The van der Waals surface area contributed by atoms with Crippen molar-refractivity contribution in [1.82, 2.24) is 4.31 Å². The fourth-order valence-corrected chi connectivity index (χ4v) is 4.25. The number of sulfonamides is 1. The van der Waals surface area contributed by atoms with Crippen molar-refractivity contribution < 1.29 is 27.1 Å². The minimum absolute atomic E-state index is 0.0558. The quantitative estimate of drug-likeness (QED) is 0.588. The summed E-state index contributed by atoms with van der Waals surface area (Å²) in [5.74, 6) is -3.55. The monoisotopic (exact) mass is 313 g/mol. The molecule has 0 spiro atoms. The molecule has 0 N–H and O–H groups in total. The highest BCUT2D eigenvalue weighted by molar-refractivity contribution is 7.89. The standard InChI is InChI=1S/C13H12FNO5S/c14-10-3-1-2-4-11(10)21(18,19)15-6-5-8-9(7-15)13(17)20-12(8)16/h1-4,8-9H,5-7H2. The number of benzene rings is 1. The molecule has 2 aliphatic heterocycles. The van der Waals surface area contributed by atoms with Crippen molar-refractivity contribution in [3.63, 3.8) is 0 Å². The van der Waals surface area contributed by atoms with Crippen molar-refractivity contribution in [2.24, 2.45) is 11.8 Å². The summed E-state index contributed by atoms with van der Waals surface area (Å²) in [7, 11) is -4.03. The number of rotatable bonds is 2. The predicted octanol–water partition coefficient (Wildman–Crippen LogP) is 0.536. The van der Waals surface area contributed by atoms with Crippen LogP contribution in [0.25, 0.3) is 0 Å². The molecule has 8 heteroatoms. The van der Waals surface area contributed by atoms with E-state index in [9.17, 15) is 22.4 Å². The van der Waals surface area contributed by atoms with Crippen LogP contribution in [0.1, 0.15) is 6.42 Å². The van der Waals surface area contributed by atoms with Crippen LogP contribution in [-0.2, 0) is 24.3 Å². The lowest BCUT2D eigenvalue weighted by Gasteiger charge is -2.30. The number of hydrogen-bond donors (Lipinski definition) is 0. The van der Waals surface area contributed by atoms with Crippen molar-refractivity contribution in [2.75, 3.05) is 13.1 Å². The Labute approximate surface area is 120 Å². The van der Waals surface area contributed by atoms with Gasteiger partial charge in [0.15, 0.2) is 0 Å². The van der Waals surface area contributed by atoms with E-state index >= 15 is 0 Å². The van der Waals surface area contributed by atoms with E-state index in [4.69, 9.17) is 0 Å². The Morgan fingerprint density at radius 1 is 1.14 bits per heavy atom. The van der Waals surface area contributed by atoms with E-state index in [1.807, 2.05) is 0 Å². The van der Waals surface area contributed by atoms with E-state index in [0.29, 0.717) is 0 Å². The zero-order chi connectivity index (χ0) is 15.2. The summed E-state index contributed by atoms with van der Waals surface area (Å²) in [6.07, 6.45) is 0.197. The summed E-state index contributed by atoms with van der Waals surface area (Å²) in [6.45, 7) is -0.105. The highest BCUT2D eigenvalue weighted by atomic mass is 32.2. The Kier molecular flexibility index (Phi) is 3.29. The van der Waals surface area contributed by atoms with E-state index in [1.54, 1.807) is 0 Å². The van der Waals surface area contributed by atoms with Gasteiger partial charge in [-0.3, -0.25) is 9.59 Å². The van der Waals surface area contributed by atoms with E-state index in [-0.39, 0.29) is 19.5 Å². The molecule has 0 amide bonds. The van der Waals surface area contributed by atoms with E-state index < -0.39 is 44.5 Å². The van der Waals surface area contributed by atoms with Gasteiger partial charge in [-0.2, -0.15) is 4.31 Å². The first-order valence-corrected chi connectivity index (χ1v) is 7.85. The van der Waals surface area contributed by atoms with Gasteiger partial charge in [-0.25, -0.2) is 12.8 Å². The van der Waals surface area contributed by atoms with Crippen molar-refractivity contribution >= 4 is 22.0 Å². The number of fused-ring (bicyclic) bond motifs is 1. The molecule has 1 aromatic carbocycles. The lowest BCUT2D eigenvalue weighted by Crippen LogP contribution is -2.44. The van der Waals surface area contributed by atoms with Crippen LogP contribution in [0.5, 0.6) is 0 Å². The smallest absolute Gasteiger partial charge is 0.318 e. The first-order valence-electron chi connectivity index (χ1n) is 6.41. The van der Waals surface area contributed by atoms with Crippen LogP contribution < -0.4 is 0 Å². The lowest BCUT2D eigenvalue weighted by molar-refractivity contribution is -0.153. The molecule has 0 aromatic heterocycles. The summed E-state index contributed by atoms with van der Waals surface area (Å²) in [5, 5.41) is 0. The molecule has 2 saturated heterocycles. The minimum Gasteiger partial charge on any atom is -0.393 e. The van der Waals surface area contributed by atoms with Crippen molar-refractivity contribution in [3.05, 3.63) is 30.1 Å². The number of ether oxygens (including phenoxy) is 1. The number of hydrogen-bond acceptors (Lipinski definition) is 5. The van der Waals surface area contributed by atoms with E-state index in [2.05, 4.69) is 4.74 Å². The van der Waals surface area contributed by atoms with Gasteiger partial charge in [0.2, 0.25) is 10.0 Å². The van der Waals surface area contributed by atoms with E-state index in [1.165, 1.54) is 18.2 Å². The normalized spacial score (nSPS) is 26.5. The minimum atomic E-state index is -4.03. The van der Waals surface area contributed by atoms with Crippen LogP contribution >= 0.6 is 0 Å². The Morgan fingerprint density at radius 2 is 1.81 bits per heavy atom. The lowest BCUT2D eigenvalue weighted by atomic mass is 9.89. The summed E-state index contributed by atoms with van der Waals surface area (Å²) in [5.41, 5.74) is 0. The predicted molar refractivity (Wildman–Crippen MR) is 67.9 cm³/mol. The first kappa shape index (κ1) is 14.2. The van der Waals surface area contributed by atoms with Gasteiger partial charge in [0.05, 0.1) is 11.8 Å². The Bertz CT molecular complexity index is 717. The molecule has 0 radical (unpaired) electrons. The van der Waals surface area contributed by atoms with Gasteiger partial charge in [0, 0.05) is 13.1 Å². The number of cyclic esters (lactones) is 2. The van der Waals surface area contributed by atoms with Crippen molar-refractivity contribution in [2.45, 2.75) is 11.3 Å². The second kappa shape index (κ2) is 4.88. The highest BCUT2D eigenvalue weighted by Crippen LogP contribution is 2.34. The van der Waals surface area contributed by atoms with Crippen molar-refractivity contribution in [3.8, 4) is 0 Å². The third kappa shape index (κ3) is 2.24. The number of piperidine rings is 1. The zero-order valence-electron chi connectivity index (χ0n) is 10.9. The second-order valence-electron chi connectivity index (χ2n) is 5.04. The number of esters is 2. The van der Waals surface area contributed by atoms with E-state index in [0.717, 1.165) is 10.4 Å². The molecular formula is C13H12FNO5S. The van der Waals surface area contributed by atoms with Crippen LogP contribution in [0, 0.1) is 17.7 Å². The van der Waals surface area contributed by atoms with Crippen LogP contribution in [0.3, 0.4) is 0 Å². The Morgan fingerprint density at radius 3 is 2.52 bits per heavy atom. The molecular weight excluding hydrogens is 301 g/mol. The highest BCUT2D eigenvalue weighted by Gasteiger charge is 2.49. The molecule has 1 aromatic rings. The summed E-state index contributed by atoms with van der Waals surface area (Å²) in [6, 6.07) is 5.06. The molecule has 2 fully saturated rings. The molecule has 6 nitrogen and oxygen atoms in total. The van der Waals surface area contributed by atoms with Gasteiger partial charge in [0.25, 0.3) is 0 Å². The van der Waals surface area contributed by atoms with Crippen LogP contribution in [0.2, 0.25) is 0 Å². The number of carbonyl (C=O) groups is 2. The average Bonchev–Trinajstić information content (AvgIpc) is 2.74. The molecule has 21 heavy (non-hydrogen) atoms. The maximum Gasteiger partial charge on any atom is 0.318 e. The van der Waals surface area contributed by atoms with Crippen LogP contribution in [0.15, 0.2) is 29.2 Å². The maximum atomic E-state index is 13.7. The van der Waals surface area contributed by atoms with Gasteiger partial charge in [-0.15, -0.1) is 0 Å². The summed E-state index contributed by atoms with van der Waals surface area (Å²) >= 11 is 0. The number of nitrogens with zero attached hydrogens (tertiary/aromatic N) is 1. The molecule has 2 unspecified atom stereocenters. The van der Waals surface area contributed by atoms with Crippen LogP contribution in [-0.4, -0.2) is 37.8 Å². The largest absolute Gasteiger partial charge is 0.393 e.